The zero-order valence-electron chi connectivity index (χ0n) is 29.6. The molecule has 1 aromatic heterocycles. The number of hydrogen-bond acceptors (Lipinski definition) is 9. The molecule has 4 N–H and O–H groups in total. The fourth-order valence-electron chi connectivity index (χ4n) is 6.40. The maximum absolute atomic E-state index is 13.7. The first kappa shape index (κ1) is 37.8. The van der Waals surface area contributed by atoms with Crippen LogP contribution in [0.1, 0.15) is 51.9 Å². The van der Waals surface area contributed by atoms with Crippen LogP contribution in [-0.4, -0.2) is 119 Å². The SMILES string of the molecule is COCCn1ccnc1CN1CCC2(CC1)CNC(=O)[C@@H](C(C)C)NC(=O)[C@H](C)N(C)C(=O)[C@H]([C@@H](C)O)NC(=O)COc1cccc(c1)C2. The molecular formula is C35H53N7O7. The van der Waals surface area contributed by atoms with Gasteiger partial charge < -0.3 is 40.0 Å². The second-order valence-corrected chi connectivity index (χ2v) is 13.8. The van der Waals surface area contributed by atoms with Gasteiger partial charge in [-0.1, -0.05) is 26.0 Å². The number of nitrogens with zero attached hydrogens (tertiary/aromatic N) is 4. The Morgan fingerprint density at radius 2 is 1.82 bits per heavy atom. The third kappa shape index (κ3) is 10.0. The number of likely N-dealkylation sites (tertiary alicyclic amines) is 1. The van der Waals surface area contributed by atoms with Gasteiger partial charge in [-0.2, -0.15) is 0 Å². The number of carbonyl (C=O) groups is 4. The molecule has 2 aromatic rings. The molecule has 2 bridgehead atoms. The zero-order valence-corrected chi connectivity index (χ0v) is 29.6. The summed E-state index contributed by atoms with van der Waals surface area (Å²) in [6.07, 6.45) is 4.82. The molecule has 4 rings (SSSR count). The third-order valence-corrected chi connectivity index (χ3v) is 9.72. The first-order chi connectivity index (χ1) is 23.3. The number of aliphatic hydroxyl groups excluding tert-OH is 1. The van der Waals surface area contributed by atoms with E-state index in [0.29, 0.717) is 31.9 Å². The molecular weight excluding hydrogens is 630 g/mol. The normalized spacial score (nSPS) is 23.9. The molecule has 49 heavy (non-hydrogen) atoms. The van der Waals surface area contributed by atoms with Gasteiger partial charge in [-0.05, 0) is 75.2 Å². The van der Waals surface area contributed by atoms with Crippen molar-refractivity contribution in [3.63, 3.8) is 0 Å². The first-order valence-electron chi connectivity index (χ1n) is 17.1. The van der Waals surface area contributed by atoms with E-state index in [4.69, 9.17) is 9.47 Å². The number of imidazole rings is 1. The Balaban J connectivity index is 1.59. The molecule has 0 aliphatic carbocycles. The van der Waals surface area contributed by atoms with Gasteiger partial charge in [0.25, 0.3) is 5.91 Å². The summed E-state index contributed by atoms with van der Waals surface area (Å²) in [6.45, 7) is 10.3. The molecule has 14 nitrogen and oxygen atoms in total. The number of ether oxygens (including phenoxy) is 2. The van der Waals surface area contributed by atoms with Crippen LogP contribution in [0.3, 0.4) is 0 Å². The van der Waals surface area contributed by atoms with E-state index in [0.717, 1.165) is 48.8 Å². The summed E-state index contributed by atoms with van der Waals surface area (Å²) < 4.78 is 13.2. The lowest BCUT2D eigenvalue weighted by molar-refractivity contribution is -0.144. The van der Waals surface area contributed by atoms with Crippen LogP contribution < -0.4 is 20.7 Å². The summed E-state index contributed by atoms with van der Waals surface area (Å²) in [5, 5.41) is 18.9. The summed E-state index contributed by atoms with van der Waals surface area (Å²) >= 11 is 0. The van der Waals surface area contributed by atoms with Crippen LogP contribution >= 0.6 is 0 Å². The lowest BCUT2D eigenvalue weighted by Gasteiger charge is -2.42. The van der Waals surface area contributed by atoms with Gasteiger partial charge in [0, 0.05) is 39.6 Å². The molecule has 4 atom stereocenters. The van der Waals surface area contributed by atoms with E-state index >= 15 is 0 Å². The smallest absolute Gasteiger partial charge is 0.258 e. The van der Waals surface area contributed by atoms with Gasteiger partial charge in [0.05, 0.1) is 19.3 Å². The zero-order chi connectivity index (χ0) is 35.7. The Hall–Kier alpha value is -4.01. The molecule has 1 spiro atoms. The van der Waals surface area contributed by atoms with Crippen molar-refractivity contribution in [2.45, 2.75) is 84.3 Å². The molecule has 3 heterocycles. The lowest BCUT2D eigenvalue weighted by atomic mass is 9.73. The lowest BCUT2D eigenvalue weighted by Crippen LogP contribution is -2.59. The molecule has 1 fully saturated rings. The van der Waals surface area contributed by atoms with Crippen LogP contribution in [0.15, 0.2) is 36.7 Å². The molecule has 1 aromatic carbocycles. The van der Waals surface area contributed by atoms with Crippen molar-refractivity contribution in [2.75, 3.05) is 47.0 Å². The second-order valence-electron chi connectivity index (χ2n) is 13.8. The van der Waals surface area contributed by atoms with Crippen LogP contribution in [0.4, 0.5) is 0 Å². The summed E-state index contributed by atoms with van der Waals surface area (Å²) in [7, 11) is 3.11. The average molecular weight is 684 g/mol. The standard InChI is InChI=1S/C35H53N7O7/c1-23(2)30-33(46)37-22-35(10-13-41(14-11-35)20-28-36-12-15-42(28)16-17-48-6)19-26-8-7-9-27(18-26)49-21-29(44)38-31(25(4)43)34(47)40(5)24(3)32(45)39-30/h7-9,12,15,18,23-25,30-31,43H,10-11,13-14,16-17,19-22H2,1-6H3,(H,37,46)(H,38,44)(H,39,45)/t24-,25+,30+,31-/m0/s1. The number of aromatic nitrogens is 2. The number of fused-ring (bicyclic) bond motifs is 2. The van der Waals surface area contributed by atoms with Crippen molar-refractivity contribution in [3.05, 3.63) is 48.0 Å². The number of rotatable bonds is 7. The number of carbonyl (C=O) groups excluding carboxylic acids is 4. The van der Waals surface area contributed by atoms with Gasteiger partial charge >= 0.3 is 0 Å². The van der Waals surface area contributed by atoms with E-state index in [-0.39, 0.29) is 23.8 Å². The van der Waals surface area contributed by atoms with Crippen molar-refractivity contribution in [3.8, 4) is 5.75 Å². The van der Waals surface area contributed by atoms with Gasteiger partial charge in [0.15, 0.2) is 6.61 Å². The molecule has 2 aliphatic heterocycles. The highest BCUT2D eigenvalue weighted by molar-refractivity contribution is 5.94. The number of methoxy groups -OCH3 is 1. The Morgan fingerprint density at radius 1 is 1.08 bits per heavy atom. The van der Waals surface area contributed by atoms with Gasteiger partial charge in [-0.15, -0.1) is 0 Å². The molecule has 0 unspecified atom stereocenters. The highest BCUT2D eigenvalue weighted by Gasteiger charge is 2.38. The highest BCUT2D eigenvalue weighted by Crippen LogP contribution is 2.36. The molecule has 0 saturated carbocycles. The minimum atomic E-state index is -1.30. The fourth-order valence-corrected chi connectivity index (χ4v) is 6.40. The van der Waals surface area contributed by atoms with Crippen molar-refractivity contribution in [1.29, 1.82) is 0 Å². The van der Waals surface area contributed by atoms with E-state index in [9.17, 15) is 24.3 Å². The molecule has 2 aliphatic rings. The molecule has 14 heteroatoms. The van der Waals surface area contributed by atoms with Gasteiger partial charge in [0.2, 0.25) is 17.7 Å². The Kier molecular flexibility index (Phi) is 13.2. The molecule has 0 radical (unpaired) electrons. The second kappa shape index (κ2) is 17.1. The summed E-state index contributed by atoms with van der Waals surface area (Å²) in [6, 6.07) is 4.41. The minimum Gasteiger partial charge on any atom is -0.484 e. The van der Waals surface area contributed by atoms with Crippen LogP contribution in [0, 0.1) is 11.3 Å². The predicted octanol–water partition coefficient (Wildman–Crippen LogP) is 0.716. The largest absolute Gasteiger partial charge is 0.484 e. The highest BCUT2D eigenvalue weighted by atomic mass is 16.5. The Labute approximate surface area is 288 Å². The maximum Gasteiger partial charge on any atom is 0.258 e. The van der Waals surface area contributed by atoms with E-state index in [1.807, 2.05) is 44.4 Å². The molecule has 1 saturated heterocycles. The van der Waals surface area contributed by atoms with Crippen molar-refractivity contribution in [2.24, 2.45) is 11.3 Å². The number of aliphatic hydroxyl groups is 1. The van der Waals surface area contributed by atoms with Gasteiger partial charge in [-0.3, -0.25) is 24.1 Å². The topological polar surface area (TPSA) is 167 Å². The van der Waals surface area contributed by atoms with E-state index in [1.165, 1.54) is 20.9 Å². The number of hydrogen-bond donors (Lipinski definition) is 4. The first-order valence-corrected chi connectivity index (χ1v) is 17.1. The number of benzene rings is 1. The number of likely N-dealkylation sites (N-methyl/N-ethyl adjacent to an activating group) is 1. The number of nitrogens with one attached hydrogen (secondary N) is 3. The molecule has 4 amide bonds. The fraction of sp³-hybridized carbons (Fsp3) is 0.629. The van der Waals surface area contributed by atoms with Crippen molar-refractivity contribution in [1.82, 2.24) is 35.3 Å². The van der Waals surface area contributed by atoms with Crippen LogP contribution in [0.5, 0.6) is 5.75 Å². The minimum absolute atomic E-state index is 0.232. The van der Waals surface area contributed by atoms with E-state index < -0.39 is 42.0 Å². The number of amides is 4. The van der Waals surface area contributed by atoms with Crippen LogP contribution in [-0.2, 0) is 43.4 Å². The summed E-state index contributed by atoms with van der Waals surface area (Å²) in [4.78, 5) is 61.4. The van der Waals surface area contributed by atoms with Crippen LogP contribution in [0.2, 0.25) is 0 Å². The van der Waals surface area contributed by atoms with Crippen molar-refractivity contribution < 1.29 is 33.8 Å². The van der Waals surface area contributed by atoms with E-state index in [2.05, 4.69) is 30.4 Å². The van der Waals surface area contributed by atoms with E-state index in [1.54, 1.807) is 13.2 Å². The maximum atomic E-state index is 13.7. The van der Waals surface area contributed by atoms with Crippen LogP contribution in [0.25, 0.3) is 0 Å². The average Bonchev–Trinajstić information content (AvgIpc) is 3.52. The van der Waals surface area contributed by atoms with Gasteiger partial charge in [0.1, 0.15) is 29.7 Å². The Morgan fingerprint density at radius 3 is 2.49 bits per heavy atom. The quantitative estimate of drug-likeness (QED) is 0.329. The van der Waals surface area contributed by atoms with Crippen molar-refractivity contribution >= 4 is 23.6 Å². The summed E-state index contributed by atoms with van der Waals surface area (Å²) in [5.41, 5.74) is 0.710. The number of piperidine rings is 1. The predicted molar refractivity (Wildman–Crippen MR) is 182 cm³/mol. The summed E-state index contributed by atoms with van der Waals surface area (Å²) in [5.74, 6) is -0.819. The third-order valence-electron chi connectivity index (χ3n) is 9.72. The Bertz CT molecular complexity index is 1440. The monoisotopic (exact) mass is 683 g/mol. The molecule has 270 valence electrons. The van der Waals surface area contributed by atoms with Gasteiger partial charge in [-0.25, -0.2) is 4.98 Å².